The minimum Gasteiger partial charge on any atom is -0.377 e. The van der Waals surface area contributed by atoms with E-state index >= 15 is 0 Å². The summed E-state index contributed by atoms with van der Waals surface area (Å²) >= 11 is 0. The minimum absolute atomic E-state index is 0.121. The first-order chi connectivity index (χ1) is 16.4. The fraction of sp³-hybridized carbons (Fsp3) is 0.692. The Kier molecular flexibility index (Phi) is 8.45. The number of piperidine rings is 1. The number of rotatable bonds is 8. The van der Waals surface area contributed by atoms with Crippen LogP contribution in [0.15, 0.2) is 18.2 Å². The molecule has 188 valence electrons. The molecule has 4 rings (SSSR count). The number of imide groups is 1. The Morgan fingerprint density at radius 2 is 1.85 bits per heavy atom. The lowest BCUT2D eigenvalue weighted by Crippen LogP contribution is -2.48. The topological polar surface area (TPSA) is 99.9 Å². The van der Waals surface area contributed by atoms with Crippen molar-refractivity contribution in [1.29, 1.82) is 0 Å². The predicted molar refractivity (Wildman–Crippen MR) is 135 cm³/mol. The van der Waals surface area contributed by atoms with Crippen LogP contribution in [0.2, 0.25) is 0 Å². The van der Waals surface area contributed by atoms with Crippen LogP contribution in [0.3, 0.4) is 0 Å². The Morgan fingerprint density at radius 1 is 1.12 bits per heavy atom. The van der Waals surface area contributed by atoms with Gasteiger partial charge in [-0.3, -0.25) is 19.8 Å². The molecule has 8 heteroatoms. The molecule has 0 bridgehead atoms. The van der Waals surface area contributed by atoms with Crippen molar-refractivity contribution in [2.75, 3.05) is 49.5 Å². The fourth-order valence-electron chi connectivity index (χ4n) is 5.44. The summed E-state index contributed by atoms with van der Waals surface area (Å²) in [6, 6.07) is 6.08. The Hall–Kier alpha value is -2.16. The van der Waals surface area contributed by atoms with Gasteiger partial charge in [-0.25, -0.2) is 0 Å². The van der Waals surface area contributed by atoms with E-state index in [9.17, 15) is 9.59 Å². The highest BCUT2D eigenvalue weighted by Gasteiger charge is 2.27. The molecule has 2 unspecified atom stereocenters. The van der Waals surface area contributed by atoms with Crippen LogP contribution in [0.5, 0.6) is 0 Å². The summed E-state index contributed by atoms with van der Waals surface area (Å²) in [4.78, 5) is 28.5. The SMILES string of the molecule is Cc1cc(NC2CCC(=O)NC2=O)ccc1N1CCN(CC2CCC(OCC(C)N)CC2)CC1. The van der Waals surface area contributed by atoms with Crippen LogP contribution in [0, 0.1) is 12.8 Å². The molecule has 0 aromatic heterocycles. The molecular weight excluding hydrogens is 430 g/mol. The van der Waals surface area contributed by atoms with Crippen LogP contribution < -0.4 is 21.3 Å². The van der Waals surface area contributed by atoms with Crippen LogP contribution in [0.4, 0.5) is 11.4 Å². The number of nitrogens with zero attached hydrogens (tertiary/aromatic N) is 2. The van der Waals surface area contributed by atoms with Crippen LogP contribution in [0.25, 0.3) is 0 Å². The Morgan fingerprint density at radius 3 is 2.50 bits per heavy atom. The van der Waals surface area contributed by atoms with Gasteiger partial charge in [0.25, 0.3) is 0 Å². The number of hydrogen-bond acceptors (Lipinski definition) is 7. The summed E-state index contributed by atoms with van der Waals surface area (Å²) in [5, 5.41) is 5.69. The molecule has 1 aromatic rings. The zero-order valence-corrected chi connectivity index (χ0v) is 20.7. The van der Waals surface area contributed by atoms with Crippen molar-refractivity contribution >= 4 is 23.2 Å². The fourth-order valence-corrected chi connectivity index (χ4v) is 5.44. The van der Waals surface area contributed by atoms with Crippen LogP contribution in [-0.2, 0) is 14.3 Å². The number of nitrogens with one attached hydrogen (secondary N) is 2. The molecular formula is C26H41N5O3. The van der Waals surface area contributed by atoms with E-state index in [1.165, 1.54) is 30.6 Å². The van der Waals surface area contributed by atoms with E-state index in [4.69, 9.17) is 10.5 Å². The molecule has 2 saturated heterocycles. The first-order valence-corrected chi connectivity index (χ1v) is 12.9. The van der Waals surface area contributed by atoms with Crippen LogP contribution >= 0.6 is 0 Å². The van der Waals surface area contributed by atoms with Crippen molar-refractivity contribution < 1.29 is 14.3 Å². The van der Waals surface area contributed by atoms with Gasteiger partial charge >= 0.3 is 0 Å². The summed E-state index contributed by atoms with van der Waals surface area (Å²) in [7, 11) is 0. The maximum Gasteiger partial charge on any atom is 0.249 e. The van der Waals surface area contributed by atoms with E-state index in [2.05, 4.69) is 39.5 Å². The van der Waals surface area contributed by atoms with Gasteiger partial charge in [-0.2, -0.15) is 0 Å². The molecule has 1 saturated carbocycles. The van der Waals surface area contributed by atoms with Crippen molar-refractivity contribution in [3.8, 4) is 0 Å². The number of ether oxygens (including phenoxy) is 1. The number of hydrogen-bond donors (Lipinski definition) is 3. The molecule has 0 spiro atoms. The first-order valence-electron chi connectivity index (χ1n) is 12.9. The van der Waals surface area contributed by atoms with Gasteiger partial charge in [-0.15, -0.1) is 0 Å². The van der Waals surface area contributed by atoms with E-state index in [1.54, 1.807) is 0 Å². The van der Waals surface area contributed by atoms with Gasteiger partial charge < -0.3 is 20.7 Å². The lowest BCUT2D eigenvalue weighted by atomic mass is 9.87. The van der Waals surface area contributed by atoms with Crippen molar-refractivity contribution in [1.82, 2.24) is 10.2 Å². The van der Waals surface area contributed by atoms with Crippen LogP contribution in [-0.4, -0.2) is 74.2 Å². The zero-order chi connectivity index (χ0) is 24.1. The van der Waals surface area contributed by atoms with Gasteiger partial charge in [0.1, 0.15) is 6.04 Å². The quantitative estimate of drug-likeness (QED) is 0.500. The molecule has 1 aliphatic carbocycles. The number of carbonyl (C=O) groups excluding carboxylic acids is 2. The third-order valence-electron chi connectivity index (χ3n) is 7.39. The summed E-state index contributed by atoms with van der Waals surface area (Å²) < 4.78 is 5.93. The third-order valence-corrected chi connectivity index (χ3v) is 7.39. The molecule has 2 atom stereocenters. The van der Waals surface area contributed by atoms with E-state index in [-0.39, 0.29) is 23.9 Å². The molecule has 3 aliphatic rings. The highest BCUT2D eigenvalue weighted by molar-refractivity contribution is 6.01. The maximum absolute atomic E-state index is 12.0. The number of anilines is 2. The smallest absolute Gasteiger partial charge is 0.249 e. The largest absolute Gasteiger partial charge is 0.377 e. The maximum atomic E-state index is 12.0. The third kappa shape index (κ3) is 6.71. The molecule has 8 nitrogen and oxygen atoms in total. The minimum atomic E-state index is -0.350. The standard InChI is InChI=1S/C26H41N5O3/c1-18-15-21(28-23-8-10-25(32)29-26(23)33)5-9-24(18)31-13-11-30(12-14-31)16-20-3-6-22(7-4-20)34-17-19(2)27/h5,9,15,19-20,22-23,28H,3-4,6-8,10-14,16-17,27H2,1-2H3,(H,29,32,33). The summed E-state index contributed by atoms with van der Waals surface area (Å²) in [6.07, 6.45) is 6.15. The zero-order valence-electron chi connectivity index (χ0n) is 20.7. The second-order valence-corrected chi connectivity index (χ2v) is 10.4. The highest BCUT2D eigenvalue weighted by Crippen LogP contribution is 2.29. The highest BCUT2D eigenvalue weighted by atomic mass is 16.5. The van der Waals surface area contributed by atoms with E-state index in [0.29, 0.717) is 25.6 Å². The average Bonchev–Trinajstić information content (AvgIpc) is 2.81. The predicted octanol–water partition coefficient (Wildman–Crippen LogP) is 2.26. The molecule has 2 amide bonds. The van der Waals surface area contributed by atoms with Gasteiger partial charge in [-0.05, 0) is 75.6 Å². The molecule has 3 fully saturated rings. The molecule has 0 radical (unpaired) electrons. The number of piperazine rings is 1. The summed E-state index contributed by atoms with van der Waals surface area (Å²) in [5.41, 5.74) is 9.21. The number of nitrogens with two attached hydrogens (primary N) is 1. The van der Waals surface area contributed by atoms with Crippen molar-refractivity contribution in [2.24, 2.45) is 11.7 Å². The van der Waals surface area contributed by atoms with Gasteiger partial charge in [0.05, 0.1) is 12.7 Å². The van der Waals surface area contributed by atoms with E-state index in [0.717, 1.165) is 50.6 Å². The number of benzene rings is 1. The van der Waals surface area contributed by atoms with E-state index < -0.39 is 0 Å². The van der Waals surface area contributed by atoms with Crippen LogP contribution in [0.1, 0.15) is 51.0 Å². The van der Waals surface area contributed by atoms with Crippen molar-refractivity contribution in [2.45, 2.75) is 70.6 Å². The van der Waals surface area contributed by atoms with Gasteiger partial charge in [0.2, 0.25) is 11.8 Å². The molecule has 2 heterocycles. The monoisotopic (exact) mass is 471 g/mol. The normalized spacial score (nSPS) is 27.4. The van der Waals surface area contributed by atoms with Gasteiger partial charge in [0, 0.05) is 56.6 Å². The van der Waals surface area contributed by atoms with Crippen molar-refractivity contribution in [3.05, 3.63) is 23.8 Å². The Labute approximate surface area is 203 Å². The second-order valence-electron chi connectivity index (χ2n) is 10.4. The lowest BCUT2D eigenvalue weighted by molar-refractivity contribution is -0.133. The molecule has 4 N–H and O–H groups in total. The van der Waals surface area contributed by atoms with Gasteiger partial charge in [0.15, 0.2) is 0 Å². The molecule has 1 aromatic carbocycles. The lowest BCUT2D eigenvalue weighted by Gasteiger charge is -2.39. The van der Waals surface area contributed by atoms with Crippen molar-refractivity contribution in [3.63, 3.8) is 0 Å². The molecule has 34 heavy (non-hydrogen) atoms. The summed E-state index contributed by atoms with van der Waals surface area (Å²) in [5.74, 6) is 0.356. The first kappa shape index (κ1) is 24.9. The number of amides is 2. The Balaban J connectivity index is 1.21. The van der Waals surface area contributed by atoms with E-state index in [1.807, 2.05) is 13.0 Å². The average molecular weight is 472 g/mol. The Bertz CT molecular complexity index is 845. The summed E-state index contributed by atoms with van der Waals surface area (Å²) in [6.45, 7) is 10.3. The number of carbonyl (C=O) groups is 2. The number of aryl methyl sites for hydroxylation is 1. The molecule has 2 aliphatic heterocycles. The van der Waals surface area contributed by atoms with Gasteiger partial charge in [-0.1, -0.05) is 0 Å². The second kappa shape index (κ2) is 11.5.